The third kappa shape index (κ3) is 7.27. The van der Waals surface area contributed by atoms with E-state index in [4.69, 9.17) is 9.97 Å². The largest absolute Gasteiger partial charge is 0.354 e. The summed E-state index contributed by atoms with van der Waals surface area (Å²) in [7, 11) is 0. The van der Waals surface area contributed by atoms with Gasteiger partial charge in [0.1, 0.15) is 0 Å². The third-order valence-corrected chi connectivity index (χ3v) is 11.0. The minimum atomic E-state index is -0.0306. The van der Waals surface area contributed by atoms with E-state index in [-0.39, 0.29) is 5.91 Å². The molecule has 0 radical (unpaired) electrons. The number of aromatic amines is 2. The van der Waals surface area contributed by atoms with Gasteiger partial charge in [0.25, 0.3) is 0 Å². The maximum absolute atomic E-state index is 13.5. The van der Waals surface area contributed by atoms with E-state index in [1.54, 1.807) is 6.20 Å². The number of fused-ring (bicyclic) bond motifs is 8. The molecule has 10 rings (SSSR count). The number of carbonyl (C=O) groups excluding carboxylic acids is 1. The summed E-state index contributed by atoms with van der Waals surface area (Å²) < 4.78 is 2.04. The number of aromatic nitrogens is 6. The lowest BCUT2D eigenvalue weighted by Crippen LogP contribution is -2.12. The van der Waals surface area contributed by atoms with Crippen molar-refractivity contribution in [3.05, 3.63) is 181 Å². The van der Waals surface area contributed by atoms with Gasteiger partial charge in [-0.15, -0.1) is 0 Å². The monoisotopic (exact) mass is 779 g/mol. The number of unbranched alkanes of at least 4 members (excludes halogenated alkanes) is 1. The molecule has 0 spiro atoms. The summed E-state index contributed by atoms with van der Waals surface area (Å²) in [6.07, 6.45) is 16.0. The number of carbonyl (C=O) groups is 1. The van der Waals surface area contributed by atoms with E-state index in [9.17, 15) is 4.79 Å². The SMILES string of the molecule is O=C(CCCCn1ccnc1)Nc1ccccc1-c1c2nc(c(-c3ccccc3)c3ccc([nH]3)c(-c3ccccc3)c3nc(c(-c4ccccc4)c4ccc1[nH]4)C=C3)C=C2. The summed E-state index contributed by atoms with van der Waals surface area (Å²) in [5, 5.41) is 3.26. The molecule has 2 aliphatic rings. The van der Waals surface area contributed by atoms with Crippen LogP contribution in [-0.2, 0) is 11.3 Å². The highest BCUT2D eigenvalue weighted by molar-refractivity contribution is 6.03. The minimum Gasteiger partial charge on any atom is -0.354 e. The highest BCUT2D eigenvalue weighted by atomic mass is 16.1. The van der Waals surface area contributed by atoms with E-state index in [0.29, 0.717) is 6.42 Å². The summed E-state index contributed by atoms with van der Waals surface area (Å²) in [6.45, 7) is 0.823. The number of para-hydroxylation sites is 1. The number of aryl methyl sites for hydroxylation is 1. The van der Waals surface area contributed by atoms with Gasteiger partial charge >= 0.3 is 0 Å². The second kappa shape index (κ2) is 16.2. The average molecular weight is 780 g/mol. The number of hydrogen-bond donors (Lipinski definition) is 3. The number of nitrogens with one attached hydrogen (secondary N) is 3. The van der Waals surface area contributed by atoms with Crippen LogP contribution in [0.5, 0.6) is 0 Å². The van der Waals surface area contributed by atoms with Crippen molar-refractivity contribution in [2.45, 2.75) is 25.8 Å². The fourth-order valence-electron chi connectivity index (χ4n) is 8.24. The van der Waals surface area contributed by atoms with Crippen molar-refractivity contribution in [1.82, 2.24) is 29.5 Å². The molecule has 8 heteroatoms. The number of imidazole rings is 1. The van der Waals surface area contributed by atoms with Gasteiger partial charge in [0, 0.05) is 80.9 Å². The predicted molar refractivity (Wildman–Crippen MR) is 245 cm³/mol. The van der Waals surface area contributed by atoms with Crippen LogP contribution in [-0.4, -0.2) is 35.4 Å². The molecule has 6 heterocycles. The Labute approximate surface area is 347 Å². The molecule has 0 saturated heterocycles. The Balaban J connectivity index is 1.22. The molecule has 3 N–H and O–H groups in total. The number of benzene rings is 4. The van der Waals surface area contributed by atoms with Gasteiger partial charge in [-0.3, -0.25) is 4.79 Å². The van der Waals surface area contributed by atoms with Crippen molar-refractivity contribution in [3.63, 3.8) is 0 Å². The molecule has 0 atom stereocenters. The summed E-state index contributed by atoms with van der Waals surface area (Å²) in [4.78, 5) is 36.1. The Morgan fingerprint density at radius 2 is 0.967 bits per heavy atom. The van der Waals surface area contributed by atoms with Crippen molar-refractivity contribution in [1.29, 1.82) is 0 Å². The van der Waals surface area contributed by atoms with Gasteiger partial charge in [-0.25, -0.2) is 15.0 Å². The van der Waals surface area contributed by atoms with Gasteiger partial charge in [-0.1, -0.05) is 109 Å². The molecule has 8 nitrogen and oxygen atoms in total. The summed E-state index contributed by atoms with van der Waals surface area (Å²) in [6, 6.07) is 47.7. The van der Waals surface area contributed by atoms with Crippen LogP contribution < -0.4 is 5.32 Å². The first-order valence-electron chi connectivity index (χ1n) is 20.3. The van der Waals surface area contributed by atoms with Crippen LogP contribution in [0.4, 0.5) is 5.69 Å². The summed E-state index contributed by atoms with van der Waals surface area (Å²) in [5.41, 5.74) is 15.6. The van der Waals surface area contributed by atoms with E-state index in [2.05, 4.69) is 148 Å². The molecule has 290 valence electrons. The Kier molecular flexibility index (Phi) is 9.85. The lowest BCUT2D eigenvalue weighted by molar-refractivity contribution is -0.116. The normalized spacial score (nSPS) is 11.9. The van der Waals surface area contributed by atoms with E-state index >= 15 is 0 Å². The lowest BCUT2D eigenvalue weighted by atomic mass is 10.0. The molecule has 60 heavy (non-hydrogen) atoms. The molecule has 4 aromatic heterocycles. The van der Waals surface area contributed by atoms with Crippen LogP contribution >= 0.6 is 0 Å². The standard InChI is InChI=1S/C52H41N7O/c60-48(22-12-13-32-59-33-31-53-34-59)58-39-21-11-10-20-38(39)52-46-29-27-44(56-46)50(36-16-6-2-7-17-36)42-25-23-40(54-42)49(35-14-4-1-5-15-35)41-24-26-43(55-41)51(37-18-8-3-9-19-37)45-28-30-47(52)57-45/h1-11,14-21,23-31,33-34,54,57H,12-13,22,32H2,(H,58,60). The van der Waals surface area contributed by atoms with E-state index < -0.39 is 0 Å². The smallest absolute Gasteiger partial charge is 0.224 e. The third-order valence-electron chi connectivity index (χ3n) is 11.0. The molecule has 0 aliphatic carbocycles. The van der Waals surface area contributed by atoms with Gasteiger partial charge < -0.3 is 19.9 Å². The second-order valence-corrected chi connectivity index (χ2v) is 15.0. The van der Waals surface area contributed by atoms with Gasteiger partial charge in [0.15, 0.2) is 0 Å². The summed E-state index contributed by atoms with van der Waals surface area (Å²) in [5.74, 6) is -0.0306. The van der Waals surface area contributed by atoms with Gasteiger partial charge in [0.05, 0.1) is 29.1 Å². The number of rotatable bonds is 10. The number of H-pyrrole nitrogens is 2. The molecule has 8 bridgehead atoms. The number of anilines is 1. The molecule has 0 unspecified atom stereocenters. The van der Waals surface area contributed by atoms with E-state index in [1.807, 2.05) is 53.5 Å². The van der Waals surface area contributed by atoms with Gasteiger partial charge in [0.2, 0.25) is 5.91 Å². The predicted octanol–water partition coefficient (Wildman–Crippen LogP) is 12.3. The van der Waals surface area contributed by atoms with Crippen LogP contribution in [0.25, 0.3) is 90.9 Å². The average Bonchev–Trinajstić information content (AvgIpc) is 4.15. The van der Waals surface area contributed by atoms with Crippen molar-refractivity contribution in [2.24, 2.45) is 0 Å². The Hall–Kier alpha value is -7.84. The highest BCUT2D eigenvalue weighted by Gasteiger charge is 2.20. The zero-order valence-corrected chi connectivity index (χ0v) is 32.8. The van der Waals surface area contributed by atoms with Crippen molar-refractivity contribution >= 4 is 58.0 Å². The first-order chi connectivity index (χ1) is 29.7. The topological polar surface area (TPSA) is 104 Å². The fourth-order valence-corrected chi connectivity index (χ4v) is 8.24. The molecule has 4 aromatic carbocycles. The Morgan fingerprint density at radius 3 is 1.45 bits per heavy atom. The van der Waals surface area contributed by atoms with Gasteiger partial charge in [-0.05, 0) is 84.2 Å². The van der Waals surface area contributed by atoms with Crippen molar-refractivity contribution < 1.29 is 4.79 Å². The van der Waals surface area contributed by atoms with Crippen LogP contribution in [0.1, 0.15) is 42.0 Å². The van der Waals surface area contributed by atoms with Crippen LogP contribution in [0.15, 0.2) is 158 Å². The maximum atomic E-state index is 13.5. The Morgan fingerprint density at radius 1 is 0.517 bits per heavy atom. The highest BCUT2D eigenvalue weighted by Crippen LogP contribution is 2.40. The number of hydrogen-bond acceptors (Lipinski definition) is 4. The molecule has 0 saturated carbocycles. The van der Waals surface area contributed by atoms with Gasteiger partial charge in [-0.2, -0.15) is 0 Å². The molecule has 8 aromatic rings. The minimum absolute atomic E-state index is 0.0306. The first kappa shape index (κ1) is 36.5. The zero-order chi connectivity index (χ0) is 40.3. The fraction of sp³-hybridized carbons (Fsp3) is 0.0769. The Bertz CT molecular complexity index is 3030. The number of amides is 1. The molecule has 1 amide bonds. The molecular weight excluding hydrogens is 739 g/mol. The molecular formula is C52H41N7O. The van der Waals surface area contributed by atoms with Crippen molar-refractivity contribution in [3.8, 4) is 44.5 Å². The van der Waals surface area contributed by atoms with Crippen molar-refractivity contribution in [2.75, 3.05) is 5.32 Å². The van der Waals surface area contributed by atoms with Crippen LogP contribution in [0, 0.1) is 0 Å². The molecule has 2 aliphatic heterocycles. The lowest BCUT2D eigenvalue weighted by Gasteiger charge is -2.13. The first-order valence-corrected chi connectivity index (χ1v) is 20.3. The summed E-state index contributed by atoms with van der Waals surface area (Å²) >= 11 is 0. The second-order valence-electron chi connectivity index (χ2n) is 15.0. The number of nitrogens with zero attached hydrogens (tertiary/aromatic N) is 4. The van der Waals surface area contributed by atoms with E-state index in [1.165, 1.54) is 0 Å². The zero-order valence-electron chi connectivity index (χ0n) is 32.8. The maximum Gasteiger partial charge on any atom is 0.224 e. The van der Waals surface area contributed by atoms with Crippen LogP contribution in [0.2, 0.25) is 0 Å². The quantitative estimate of drug-likeness (QED) is 0.120. The van der Waals surface area contributed by atoms with E-state index in [0.717, 1.165) is 114 Å². The van der Waals surface area contributed by atoms with Crippen LogP contribution in [0.3, 0.4) is 0 Å². The molecule has 0 fully saturated rings.